The predicted molar refractivity (Wildman–Crippen MR) is 135 cm³/mol. The van der Waals surface area contributed by atoms with Gasteiger partial charge in [-0.05, 0) is 85.2 Å². The second-order valence-electron chi connectivity index (χ2n) is 9.95. The zero-order chi connectivity index (χ0) is 24.1. The van der Waals surface area contributed by atoms with Crippen molar-refractivity contribution < 1.29 is 4.74 Å². The normalized spacial score (nSPS) is 20.5. The molecule has 0 radical (unpaired) electrons. The summed E-state index contributed by atoms with van der Waals surface area (Å²) in [5.41, 5.74) is 6.02. The first-order valence-corrected chi connectivity index (χ1v) is 12.4. The van der Waals surface area contributed by atoms with Crippen LogP contribution in [-0.4, -0.2) is 43.9 Å². The Bertz CT molecular complexity index is 1450. The largest absolute Gasteiger partial charge is 0.376 e. The average molecular weight is 471 g/mol. The third-order valence-electron chi connectivity index (χ3n) is 7.36. The highest BCUT2D eigenvalue weighted by Crippen LogP contribution is 2.40. The molecule has 4 aromatic rings. The molecule has 0 unspecified atom stereocenters. The molecule has 0 amide bonds. The van der Waals surface area contributed by atoms with Gasteiger partial charge >= 0.3 is 0 Å². The quantitative estimate of drug-likeness (QED) is 0.477. The van der Waals surface area contributed by atoms with Gasteiger partial charge in [0.2, 0.25) is 0 Å². The lowest BCUT2D eigenvalue weighted by molar-refractivity contribution is 0.0924. The Balaban J connectivity index is 1.55. The van der Waals surface area contributed by atoms with Gasteiger partial charge in [0.25, 0.3) is 5.56 Å². The van der Waals surface area contributed by atoms with Crippen LogP contribution in [0.2, 0.25) is 0 Å². The van der Waals surface area contributed by atoms with Crippen LogP contribution in [-0.2, 0) is 17.7 Å². The smallest absolute Gasteiger partial charge is 0.254 e. The van der Waals surface area contributed by atoms with Crippen LogP contribution in [0.25, 0.3) is 10.9 Å². The minimum absolute atomic E-state index is 0.0846. The predicted octanol–water partition coefficient (Wildman–Crippen LogP) is 3.85. The van der Waals surface area contributed by atoms with Crippen molar-refractivity contribution in [2.24, 2.45) is 0 Å². The molecule has 8 heteroatoms. The maximum absolute atomic E-state index is 13.7. The van der Waals surface area contributed by atoms with Gasteiger partial charge in [0.1, 0.15) is 6.04 Å². The van der Waals surface area contributed by atoms with Crippen molar-refractivity contribution in [3.8, 4) is 0 Å². The van der Waals surface area contributed by atoms with Crippen molar-refractivity contribution in [2.75, 3.05) is 11.5 Å². The SMILES string of the molecule is Cc1cc(C)c2[nH]c(=O)c([C@H](c3nnnn3C[C@H]3CCCO3)N3c4ccccc4C[C@@H]3C)cc2c1. The maximum atomic E-state index is 13.7. The van der Waals surface area contributed by atoms with Gasteiger partial charge < -0.3 is 14.6 Å². The lowest BCUT2D eigenvalue weighted by Crippen LogP contribution is -2.39. The van der Waals surface area contributed by atoms with E-state index in [0.717, 1.165) is 53.6 Å². The van der Waals surface area contributed by atoms with Gasteiger partial charge in [0.05, 0.1) is 18.2 Å². The number of ether oxygens (including phenoxy) is 1. The summed E-state index contributed by atoms with van der Waals surface area (Å²) in [7, 11) is 0. The monoisotopic (exact) mass is 470 g/mol. The fraction of sp³-hybridized carbons (Fsp3) is 0.407. The first kappa shape index (κ1) is 22.0. The summed E-state index contributed by atoms with van der Waals surface area (Å²) in [6.45, 7) is 7.65. The third kappa shape index (κ3) is 3.82. The van der Waals surface area contributed by atoms with Crippen molar-refractivity contribution in [3.63, 3.8) is 0 Å². The van der Waals surface area contributed by atoms with E-state index in [1.807, 2.05) is 23.7 Å². The summed E-state index contributed by atoms with van der Waals surface area (Å²) in [6.07, 6.45) is 3.03. The van der Waals surface area contributed by atoms with E-state index in [0.29, 0.717) is 17.9 Å². The number of anilines is 1. The fourth-order valence-electron chi connectivity index (χ4n) is 5.82. The standard InChI is InChI=1S/C27H30N6O2/c1-16-11-17(2)24-20(12-16)14-22(27(34)28-24)25(33-18(3)13-19-7-4-5-9-23(19)33)26-29-30-31-32(26)15-21-8-6-10-35-21/h4-5,7,9,11-12,14,18,21,25H,6,8,10,13,15H2,1-3H3,(H,28,34)/t18-,21+,25+/m0/s1. The summed E-state index contributed by atoms with van der Waals surface area (Å²) < 4.78 is 7.71. The number of hydrogen-bond donors (Lipinski definition) is 1. The first-order chi connectivity index (χ1) is 17.0. The zero-order valence-corrected chi connectivity index (χ0v) is 20.4. The molecular weight excluding hydrogens is 440 g/mol. The van der Waals surface area contributed by atoms with Crippen molar-refractivity contribution >= 4 is 16.6 Å². The van der Waals surface area contributed by atoms with E-state index >= 15 is 0 Å². The number of aryl methyl sites for hydroxylation is 2. The Labute approximate surface area is 203 Å². The van der Waals surface area contributed by atoms with Gasteiger partial charge in [-0.25, -0.2) is 4.68 Å². The number of nitrogens with one attached hydrogen (secondary N) is 1. The lowest BCUT2D eigenvalue weighted by Gasteiger charge is -2.33. The highest BCUT2D eigenvalue weighted by atomic mass is 16.5. The molecule has 2 aromatic carbocycles. The van der Waals surface area contributed by atoms with E-state index in [4.69, 9.17) is 4.74 Å². The summed E-state index contributed by atoms with van der Waals surface area (Å²) in [5.74, 6) is 0.665. The van der Waals surface area contributed by atoms with Crippen molar-refractivity contribution in [2.45, 2.75) is 64.8 Å². The minimum atomic E-state index is -0.431. The molecule has 2 aliphatic heterocycles. The molecule has 4 heterocycles. The van der Waals surface area contributed by atoms with E-state index in [1.165, 1.54) is 5.56 Å². The van der Waals surface area contributed by atoms with E-state index in [2.05, 4.69) is 69.6 Å². The highest BCUT2D eigenvalue weighted by Gasteiger charge is 2.38. The maximum Gasteiger partial charge on any atom is 0.254 e. The fourth-order valence-corrected chi connectivity index (χ4v) is 5.82. The Morgan fingerprint density at radius 2 is 2.06 bits per heavy atom. The molecule has 1 N–H and O–H groups in total. The molecule has 0 saturated carbocycles. The molecule has 1 saturated heterocycles. The highest BCUT2D eigenvalue weighted by molar-refractivity contribution is 5.83. The molecule has 0 spiro atoms. The zero-order valence-electron chi connectivity index (χ0n) is 20.4. The van der Waals surface area contributed by atoms with Crippen molar-refractivity contribution in [3.05, 3.63) is 80.9 Å². The van der Waals surface area contributed by atoms with E-state index in [9.17, 15) is 4.79 Å². The minimum Gasteiger partial charge on any atom is -0.376 e. The van der Waals surface area contributed by atoms with E-state index in [1.54, 1.807) is 0 Å². The Morgan fingerprint density at radius 1 is 1.20 bits per heavy atom. The molecule has 2 aliphatic rings. The number of H-pyrrole nitrogens is 1. The average Bonchev–Trinajstić information content (AvgIpc) is 3.57. The third-order valence-corrected chi connectivity index (χ3v) is 7.36. The number of benzene rings is 2. The summed E-state index contributed by atoms with van der Waals surface area (Å²) in [4.78, 5) is 19.1. The lowest BCUT2D eigenvalue weighted by atomic mass is 10.00. The second-order valence-corrected chi connectivity index (χ2v) is 9.95. The summed E-state index contributed by atoms with van der Waals surface area (Å²) in [5, 5.41) is 13.9. The number of pyridine rings is 1. The Kier molecular flexibility index (Phi) is 5.40. The number of tetrazole rings is 1. The molecule has 8 nitrogen and oxygen atoms in total. The molecule has 3 atom stereocenters. The van der Waals surface area contributed by atoms with Gasteiger partial charge in [-0.2, -0.15) is 0 Å². The molecule has 180 valence electrons. The van der Waals surface area contributed by atoms with Gasteiger partial charge in [0.15, 0.2) is 5.82 Å². The van der Waals surface area contributed by atoms with E-state index < -0.39 is 6.04 Å². The molecule has 0 aliphatic carbocycles. The molecule has 35 heavy (non-hydrogen) atoms. The van der Waals surface area contributed by atoms with E-state index in [-0.39, 0.29) is 17.7 Å². The molecule has 1 fully saturated rings. The number of aromatic nitrogens is 5. The van der Waals surface area contributed by atoms with Crippen LogP contribution in [0.3, 0.4) is 0 Å². The number of para-hydroxylation sites is 1. The van der Waals surface area contributed by atoms with Gasteiger partial charge in [-0.15, -0.1) is 5.10 Å². The number of fused-ring (bicyclic) bond motifs is 2. The van der Waals surface area contributed by atoms with Crippen molar-refractivity contribution in [1.82, 2.24) is 25.2 Å². The van der Waals surface area contributed by atoms with Gasteiger partial charge in [0, 0.05) is 23.9 Å². The van der Waals surface area contributed by atoms with Crippen LogP contribution in [0.1, 0.15) is 53.9 Å². The number of hydrogen-bond acceptors (Lipinski definition) is 6. The first-order valence-electron chi connectivity index (χ1n) is 12.4. The van der Waals surface area contributed by atoms with Crippen molar-refractivity contribution in [1.29, 1.82) is 0 Å². The molecule has 6 rings (SSSR count). The van der Waals surface area contributed by atoms with Crippen LogP contribution in [0, 0.1) is 13.8 Å². The van der Waals surface area contributed by atoms with Crippen LogP contribution in [0.5, 0.6) is 0 Å². The molecule has 0 bridgehead atoms. The topological polar surface area (TPSA) is 88.9 Å². The van der Waals surface area contributed by atoms with Crippen LogP contribution in [0.15, 0.2) is 47.3 Å². The van der Waals surface area contributed by atoms with Gasteiger partial charge in [-0.3, -0.25) is 4.79 Å². The second kappa shape index (κ2) is 8.61. The Hall–Kier alpha value is -3.52. The van der Waals surface area contributed by atoms with Crippen LogP contribution in [0.4, 0.5) is 5.69 Å². The number of aromatic amines is 1. The van der Waals surface area contributed by atoms with Crippen LogP contribution >= 0.6 is 0 Å². The number of nitrogens with zero attached hydrogens (tertiary/aromatic N) is 5. The summed E-state index contributed by atoms with van der Waals surface area (Å²) in [6, 6.07) is 14.4. The molecular formula is C27H30N6O2. The summed E-state index contributed by atoms with van der Waals surface area (Å²) >= 11 is 0. The number of rotatable bonds is 5. The van der Waals surface area contributed by atoms with Crippen LogP contribution < -0.4 is 10.5 Å². The Morgan fingerprint density at radius 3 is 2.89 bits per heavy atom. The van der Waals surface area contributed by atoms with Gasteiger partial charge in [-0.1, -0.05) is 29.8 Å². The molecule has 2 aromatic heterocycles.